The van der Waals surface area contributed by atoms with Crippen LogP contribution in [0.2, 0.25) is 0 Å². The van der Waals surface area contributed by atoms with Crippen LogP contribution in [-0.2, 0) is 0 Å². The molecule has 0 atom stereocenters. The Kier molecular flexibility index (Phi) is 1.32. The van der Waals surface area contributed by atoms with Crippen molar-refractivity contribution in [3.63, 3.8) is 0 Å². The highest BCUT2D eigenvalue weighted by Gasteiger charge is 1.83. The van der Waals surface area contributed by atoms with Crippen molar-refractivity contribution in [1.29, 1.82) is 0 Å². The fourth-order valence-corrected chi connectivity index (χ4v) is 0.438. The fraction of sp³-hybridized carbons (Fsp3) is 0. The van der Waals surface area contributed by atoms with Gasteiger partial charge in [-0.3, -0.25) is 0 Å². The number of hydrogen-bond acceptors (Lipinski definition) is 3. The average molecular weight is 110 g/mol. The molecular weight excluding hydrogens is 104 g/mol. The molecule has 0 aromatic carbocycles. The Hall–Kier alpha value is -1.25. The Balaban J connectivity index is 2.77. The van der Waals surface area contributed by atoms with E-state index in [4.69, 9.17) is 10.3 Å². The molecule has 0 saturated carbocycles. The molecule has 0 saturated heterocycles. The van der Waals surface area contributed by atoms with Gasteiger partial charge in [0.25, 0.3) is 0 Å². The van der Waals surface area contributed by atoms with Crippen LogP contribution >= 0.6 is 0 Å². The number of nitrogens with two attached hydrogens (primary N) is 1. The number of hydrazone groups is 1. The van der Waals surface area contributed by atoms with Gasteiger partial charge in [0.05, 0.1) is 12.5 Å². The van der Waals surface area contributed by atoms with Crippen molar-refractivity contribution in [2.75, 3.05) is 0 Å². The number of furan rings is 1. The second kappa shape index (κ2) is 2.16. The smallest absolute Gasteiger partial charge is 0.146 e. The van der Waals surface area contributed by atoms with Gasteiger partial charge in [-0.2, -0.15) is 5.10 Å². The fourth-order valence-electron chi connectivity index (χ4n) is 0.438. The molecule has 8 heavy (non-hydrogen) atoms. The summed E-state index contributed by atoms with van der Waals surface area (Å²) in [6.45, 7) is 0. The van der Waals surface area contributed by atoms with E-state index in [0.717, 1.165) is 0 Å². The van der Waals surface area contributed by atoms with Crippen molar-refractivity contribution in [3.8, 4) is 0 Å². The van der Waals surface area contributed by atoms with Crippen molar-refractivity contribution in [3.05, 3.63) is 24.2 Å². The van der Waals surface area contributed by atoms with Crippen LogP contribution in [0.15, 0.2) is 27.9 Å². The Morgan fingerprint density at radius 3 is 3.12 bits per heavy atom. The van der Waals surface area contributed by atoms with Gasteiger partial charge in [-0.25, -0.2) is 0 Å². The van der Waals surface area contributed by atoms with Crippen LogP contribution in [0.4, 0.5) is 0 Å². The standard InChI is InChI=1S/C5H6N2O/c6-7-4-5-2-1-3-8-5/h1-4H,6H2. The van der Waals surface area contributed by atoms with E-state index < -0.39 is 0 Å². The molecule has 0 aliphatic heterocycles. The molecule has 0 aliphatic rings. The molecule has 3 heteroatoms. The number of rotatable bonds is 1. The normalized spacial score (nSPS) is 10.5. The lowest BCUT2D eigenvalue weighted by Gasteiger charge is -1.75. The number of hydrogen-bond donors (Lipinski definition) is 1. The molecule has 1 aromatic heterocycles. The van der Waals surface area contributed by atoms with Crippen LogP contribution in [0.5, 0.6) is 0 Å². The van der Waals surface area contributed by atoms with E-state index in [1.807, 2.05) is 0 Å². The molecule has 1 aromatic rings. The highest BCUT2D eigenvalue weighted by molar-refractivity contribution is 5.75. The van der Waals surface area contributed by atoms with Gasteiger partial charge in [0.1, 0.15) is 5.76 Å². The van der Waals surface area contributed by atoms with Crippen molar-refractivity contribution >= 4 is 6.21 Å². The first-order valence-electron chi connectivity index (χ1n) is 2.20. The second-order valence-corrected chi connectivity index (χ2v) is 1.29. The summed E-state index contributed by atoms with van der Waals surface area (Å²) in [4.78, 5) is 0. The van der Waals surface area contributed by atoms with Crippen LogP contribution in [0.25, 0.3) is 0 Å². The third-order valence-electron chi connectivity index (χ3n) is 0.745. The van der Waals surface area contributed by atoms with Crippen LogP contribution in [0.1, 0.15) is 5.76 Å². The van der Waals surface area contributed by atoms with Gasteiger partial charge in [-0.1, -0.05) is 0 Å². The van der Waals surface area contributed by atoms with Crippen molar-refractivity contribution in [2.24, 2.45) is 10.9 Å². The minimum atomic E-state index is 0.674. The SMILES string of the molecule is NN=Cc1ccco1. The summed E-state index contributed by atoms with van der Waals surface area (Å²) in [6, 6.07) is 3.55. The number of nitrogens with zero attached hydrogens (tertiary/aromatic N) is 1. The molecule has 0 radical (unpaired) electrons. The molecule has 2 N–H and O–H groups in total. The summed E-state index contributed by atoms with van der Waals surface area (Å²) in [5.74, 6) is 5.50. The zero-order valence-corrected chi connectivity index (χ0v) is 4.24. The maximum Gasteiger partial charge on any atom is 0.146 e. The Bertz CT molecular complexity index is 167. The summed E-state index contributed by atoms with van der Waals surface area (Å²) in [7, 11) is 0. The van der Waals surface area contributed by atoms with E-state index in [-0.39, 0.29) is 0 Å². The maximum absolute atomic E-state index is 4.84. The topological polar surface area (TPSA) is 51.5 Å². The Morgan fingerprint density at radius 2 is 2.62 bits per heavy atom. The van der Waals surface area contributed by atoms with E-state index in [2.05, 4.69) is 5.10 Å². The van der Waals surface area contributed by atoms with Crippen LogP contribution in [0.3, 0.4) is 0 Å². The molecule has 3 nitrogen and oxygen atoms in total. The third-order valence-corrected chi connectivity index (χ3v) is 0.745. The molecule has 1 rings (SSSR count). The summed E-state index contributed by atoms with van der Waals surface area (Å²) < 4.78 is 4.84. The first-order valence-corrected chi connectivity index (χ1v) is 2.20. The highest BCUT2D eigenvalue weighted by atomic mass is 16.3. The van der Waals surface area contributed by atoms with Gasteiger partial charge < -0.3 is 10.3 Å². The second-order valence-electron chi connectivity index (χ2n) is 1.29. The quantitative estimate of drug-likeness (QED) is 0.326. The predicted molar refractivity (Wildman–Crippen MR) is 30.5 cm³/mol. The molecule has 1 heterocycles. The maximum atomic E-state index is 4.84. The van der Waals surface area contributed by atoms with E-state index >= 15 is 0 Å². The first kappa shape index (κ1) is 4.90. The highest BCUT2D eigenvalue weighted by Crippen LogP contribution is 1.93. The first-order chi connectivity index (χ1) is 3.93. The zero-order chi connectivity index (χ0) is 5.82. The van der Waals surface area contributed by atoms with Gasteiger partial charge >= 0.3 is 0 Å². The molecule has 0 unspecified atom stereocenters. The summed E-state index contributed by atoms with van der Waals surface area (Å²) >= 11 is 0. The molecule has 0 amide bonds. The van der Waals surface area contributed by atoms with E-state index in [1.165, 1.54) is 6.21 Å². The molecular formula is C5H6N2O. The Morgan fingerprint density at radius 1 is 1.75 bits per heavy atom. The largest absolute Gasteiger partial charge is 0.463 e. The zero-order valence-electron chi connectivity index (χ0n) is 4.24. The lowest BCUT2D eigenvalue weighted by molar-refractivity contribution is 0.560. The van der Waals surface area contributed by atoms with Gasteiger partial charge in [0.2, 0.25) is 0 Å². The van der Waals surface area contributed by atoms with Crippen LogP contribution in [-0.4, -0.2) is 6.21 Å². The minimum Gasteiger partial charge on any atom is -0.463 e. The molecule has 0 bridgehead atoms. The summed E-state index contributed by atoms with van der Waals surface area (Å²) in [5, 5.41) is 3.26. The van der Waals surface area contributed by atoms with E-state index in [0.29, 0.717) is 5.76 Å². The van der Waals surface area contributed by atoms with E-state index in [1.54, 1.807) is 18.4 Å². The molecule has 42 valence electrons. The average Bonchev–Trinajstić information content (AvgIpc) is 2.19. The third kappa shape index (κ3) is 0.872. The van der Waals surface area contributed by atoms with Gasteiger partial charge in [0, 0.05) is 0 Å². The van der Waals surface area contributed by atoms with Gasteiger partial charge in [-0.05, 0) is 12.1 Å². The van der Waals surface area contributed by atoms with Crippen LogP contribution in [0, 0.1) is 0 Å². The minimum absolute atomic E-state index is 0.674. The summed E-state index contributed by atoms with van der Waals surface area (Å²) in [6.07, 6.45) is 3.01. The van der Waals surface area contributed by atoms with Crippen molar-refractivity contribution < 1.29 is 4.42 Å². The summed E-state index contributed by atoms with van der Waals surface area (Å²) in [5.41, 5.74) is 0. The van der Waals surface area contributed by atoms with Crippen molar-refractivity contribution in [2.45, 2.75) is 0 Å². The Labute approximate surface area is 46.8 Å². The molecule has 0 aliphatic carbocycles. The predicted octanol–water partition coefficient (Wildman–Crippen LogP) is 0.572. The van der Waals surface area contributed by atoms with Gasteiger partial charge in [0.15, 0.2) is 0 Å². The monoisotopic (exact) mass is 110 g/mol. The lowest BCUT2D eigenvalue weighted by Crippen LogP contribution is -1.81. The van der Waals surface area contributed by atoms with Crippen molar-refractivity contribution in [1.82, 2.24) is 0 Å². The molecule has 0 spiro atoms. The lowest BCUT2D eigenvalue weighted by atomic mass is 10.5. The van der Waals surface area contributed by atoms with Crippen LogP contribution < -0.4 is 5.84 Å². The van der Waals surface area contributed by atoms with E-state index in [9.17, 15) is 0 Å². The molecule has 0 fully saturated rings. The van der Waals surface area contributed by atoms with Gasteiger partial charge in [-0.15, -0.1) is 0 Å².